The molecule has 0 aliphatic rings. The van der Waals surface area contributed by atoms with Gasteiger partial charge in [-0.3, -0.25) is 0 Å². The van der Waals surface area contributed by atoms with E-state index in [0.717, 1.165) is 5.56 Å². The fourth-order valence-electron chi connectivity index (χ4n) is 3.15. The minimum atomic E-state index is -0.619. The number of benzene rings is 1. The molecule has 1 aromatic carbocycles. The van der Waals surface area contributed by atoms with Gasteiger partial charge in [0.05, 0.1) is 12.2 Å². The molecule has 3 aromatic rings. The third-order valence-corrected chi connectivity index (χ3v) is 5.00. The maximum Gasteiger partial charge on any atom is 0.355 e. The number of carbonyl (C=O) groups is 2. The lowest BCUT2D eigenvalue weighted by atomic mass is 10.1. The van der Waals surface area contributed by atoms with Gasteiger partial charge < -0.3 is 18.9 Å². The third-order valence-electron chi connectivity index (χ3n) is 4.59. The number of hydrogen-bond donors (Lipinski definition) is 1. The van der Waals surface area contributed by atoms with Crippen molar-refractivity contribution < 1.29 is 23.5 Å². The van der Waals surface area contributed by atoms with Gasteiger partial charge in [0.25, 0.3) is 0 Å². The first-order valence-electron chi connectivity index (χ1n) is 8.99. The van der Waals surface area contributed by atoms with E-state index in [4.69, 9.17) is 25.5 Å². The highest BCUT2D eigenvalue weighted by atomic mass is 35.5. The number of nitrogens with one attached hydrogen (secondary N) is 1. The summed E-state index contributed by atoms with van der Waals surface area (Å²) in [5, 5.41) is 1.10. The molecular formula is C21H20ClNO6. The first-order chi connectivity index (χ1) is 13.7. The van der Waals surface area contributed by atoms with Crippen LogP contribution in [0.3, 0.4) is 0 Å². The van der Waals surface area contributed by atoms with Crippen molar-refractivity contribution in [1.82, 2.24) is 4.98 Å². The minimum Gasteiger partial charge on any atom is -0.461 e. The van der Waals surface area contributed by atoms with Crippen LogP contribution in [-0.2, 0) is 16.1 Å². The van der Waals surface area contributed by atoms with Gasteiger partial charge in [-0.25, -0.2) is 14.4 Å². The van der Waals surface area contributed by atoms with Crippen molar-refractivity contribution >= 4 is 34.5 Å². The number of esters is 2. The second-order valence-electron chi connectivity index (χ2n) is 6.61. The number of halogens is 1. The van der Waals surface area contributed by atoms with Crippen LogP contribution in [0.25, 0.3) is 11.0 Å². The van der Waals surface area contributed by atoms with Gasteiger partial charge in [0.15, 0.2) is 0 Å². The molecule has 8 heteroatoms. The lowest BCUT2D eigenvalue weighted by Gasteiger charge is -2.09. The highest BCUT2D eigenvalue weighted by Crippen LogP contribution is 2.26. The largest absolute Gasteiger partial charge is 0.461 e. The minimum absolute atomic E-state index is 0.154. The van der Waals surface area contributed by atoms with Crippen LogP contribution in [0.4, 0.5) is 0 Å². The lowest BCUT2D eigenvalue weighted by Crippen LogP contribution is -2.10. The van der Waals surface area contributed by atoms with Gasteiger partial charge >= 0.3 is 17.6 Å². The van der Waals surface area contributed by atoms with E-state index in [1.807, 2.05) is 0 Å². The number of hydrogen-bond acceptors (Lipinski definition) is 6. The summed E-state index contributed by atoms with van der Waals surface area (Å²) in [7, 11) is 0. The molecular weight excluding hydrogens is 398 g/mol. The summed E-state index contributed by atoms with van der Waals surface area (Å²) in [6.07, 6.45) is 0. The summed E-state index contributed by atoms with van der Waals surface area (Å²) in [6, 6.07) is 4.60. The maximum absolute atomic E-state index is 12.7. The Hall–Kier alpha value is -3.06. The van der Waals surface area contributed by atoms with Gasteiger partial charge in [0.1, 0.15) is 17.9 Å². The summed E-state index contributed by atoms with van der Waals surface area (Å²) >= 11 is 6.18. The molecule has 0 saturated heterocycles. The van der Waals surface area contributed by atoms with E-state index in [0.29, 0.717) is 32.8 Å². The van der Waals surface area contributed by atoms with Crippen LogP contribution in [0.15, 0.2) is 27.4 Å². The fraction of sp³-hybridized carbons (Fsp3) is 0.286. The monoisotopic (exact) mass is 417 g/mol. The van der Waals surface area contributed by atoms with E-state index in [-0.39, 0.29) is 24.5 Å². The zero-order valence-corrected chi connectivity index (χ0v) is 17.2. The summed E-state index contributed by atoms with van der Waals surface area (Å²) in [5.41, 5.74) is 2.46. The van der Waals surface area contributed by atoms with Crippen molar-refractivity contribution in [2.24, 2.45) is 0 Å². The van der Waals surface area contributed by atoms with Crippen molar-refractivity contribution in [2.75, 3.05) is 6.61 Å². The molecule has 0 spiro atoms. The van der Waals surface area contributed by atoms with Crippen molar-refractivity contribution in [2.45, 2.75) is 34.3 Å². The summed E-state index contributed by atoms with van der Waals surface area (Å²) in [5.74, 6) is -1.16. The van der Waals surface area contributed by atoms with E-state index in [1.54, 1.807) is 39.8 Å². The third kappa shape index (κ3) is 4.05. The zero-order valence-electron chi connectivity index (χ0n) is 16.5. The Morgan fingerprint density at radius 2 is 1.83 bits per heavy atom. The molecule has 0 fully saturated rings. The van der Waals surface area contributed by atoms with E-state index >= 15 is 0 Å². The highest BCUT2D eigenvalue weighted by Gasteiger charge is 2.24. The normalized spacial score (nSPS) is 10.9. The Bertz CT molecular complexity index is 1170. The number of carbonyl (C=O) groups excluding carboxylic acids is 2. The topological polar surface area (TPSA) is 98.6 Å². The molecule has 0 saturated carbocycles. The molecule has 3 rings (SSSR count). The first-order valence-corrected chi connectivity index (χ1v) is 9.37. The van der Waals surface area contributed by atoms with Gasteiger partial charge in [0.2, 0.25) is 0 Å². The van der Waals surface area contributed by atoms with Crippen LogP contribution >= 0.6 is 11.6 Å². The maximum atomic E-state index is 12.7. The SMILES string of the molecule is CCOC(=O)c1[nH]c(C)c(C(=O)OCc2cc(=O)oc3cc(C)c(Cl)cc23)c1C. The first kappa shape index (κ1) is 20.7. The predicted octanol–water partition coefficient (Wildman–Crippen LogP) is 4.23. The van der Waals surface area contributed by atoms with Crippen LogP contribution < -0.4 is 5.63 Å². The summed E-state index contributed by atoms with van der Waals surface area (Å²) in [4.78, 5) is 39.4. The number of fused-ring (bicyclic) bond motifs is 1. The van der Waals surface area contributed by atoms with E-state index < -0.39 is 17.6 Å². The average molecular weight is 418 g/mol. The second-order valence-corrected chi connectivity index (χ2v) is 7.02. The van der Waals surface area contributed by atoms with Crippen molar-refractivity contribution in [3.05, 3.63) is 67.3 Å². The molecule has 29 heavy (non-hydrogen) atoms. The quantitative estimate of drug-likeness (QED) is 0.492. The van der Waals surface area contributed by atoms with Gasteiger partial charge in [-0.05, 0) is 51.0 Å². The van der Waals surface area contributed by atoms with Gasteiger partial charge in [-0.2, -0.15) is 0 Å². The second kappa shape index (κ2) is 8.13. The molecule has 0 aliphatic heterocycles. The van der Waals surface area contributed by atoms with Crippen LogP contribution in [0.1, 0.15) is 50.2 Å². The highest BCUT2D eigenvalue weighted by molar-refractivity contribution is 6.32. The van der Waals surface area contributed by atoms with Gasteiger partial charge in [-0.1, -0.05) is 11.6 Å². The number of H-pyrrole nitrogens is 1. The molecule has 0 atom stereocenters. The number of ether oxygens (including phenoxy) is 2. The molecule has 2 heterocycles. The van der Waals surface area contributed by atoms with Gasteiger partial charge in [0, 0.05) is 27.7 Å². The molecule has 7 nitrogen and oxygen atoms in total. The predicted molar refractivity (Wildman–Crippen MR) is 108 cm³/mol. The molecule has 2 aromatic heterocycles. The van der Waals surface area contributed by atoms with Gasteiger partial charge in [-0.15, -0.1) is 0 Å². The van der Waals surface area contributed by atoms with Crippen molar-refractivity contribution in [1.29, 1.82) is 0 Å². The molecule has 1 N–H and O–H groups in total. The molecule has 0 radical (unpaired) electrons. The lowest BCUT2D eigenvalue weighted by molar-refractivity contribution is 0.0472. The molecule has 152 valence electrons. The Morgan fingerprint density at radius 3 is 2.52 bits per heavy atom. The van der Waals surface area contributed by atoms with Crippen molar-refractivity contribution in [3.8, 4) is 0 Å². The standard InChI is InChI=1S/C21H20ClNO6/c1-5-27-21(26)19-11(3)18(12(4)23-19)20(25)28-9-13-7-17(24)29-16-6-10(2)15(22)8-14(13)16/h6-8,23H,5,9H2,1-4H3. The zero-order chi connectivity index (χ0) is 21.3. The summed E-state index contributed by atoms with van der Waals surface area (Å²) < 4.78 is 15.6. The Balaban J connectivity index is 1.90. The number of aromatic amines is 1. The van der Waals surface area contributed by atoms with Crippen LogP contribution in [0.2, 0.25) is 5.02 Å². The molecule has 0 unspecified atom stereocenters. The van der Waals surface area contributed by atoms with Crippen LogP contribution in [-0.4, -0.2) is 23.5 Å². The smallest absolute Gasteiger partial charge is 0.355 e. The molecule has 0 aliphatic carbocycles. The fourth-order valence-corrected chi connectivity index (χ4v) is 3.31. The van der Waals surface area contributed by atoms with Crippen LogP contribution in [0, 0.1) is 20.8 Å². The van der Waals surface area contributed by atoms with E-state index in [9.17, 15) is 14.4 Å². The van der Waals surface area contributed by atoms with E-state index in [2.05, 4.69) is 4.98 Å². The Kier molecular flexibility index (Phi) is 5.79. The average Bonchev–Trinajstić information content (AvgIpc) is 2.95. The van der Waals surface area contributed by atoms with Crippen LogP contribution in [0.5, 0.6) is 0 Å². The molecule has 0 bridgehead atoms. The number of rotatable bonds is 5. The van der Waals surface area contributed by atoms with Crippen molar-refractivity contribution in [3.63, 3.8) is 0 Å². The van der Waals surface area contributed by atoms with E-state index in [1.165, 1.54) is 6.07 Å². The number of aryl methyl sites for hydroxylation is 2. The Labute approximate surface area is 171 Å². The summed E-state index contributed by atoms with van der Waals surface area (Å²) in [6.45, 7) is 6.88. The number of aromatic nitrogens is 1. The Morgan fingerprint density at radius 1 is 1.10 bits per heavy atom. The molecule has 0 amide bonds.